The third kappa shape index (κ3) is 4.22. The van der Waals surface area contributed by atoms with Crippen LogP contribution in [0, 0.1) is 18.3 Å². The second-order valence-corrected chi connectivity index (χ2v) is 8.25. The number of carbonyl (C=O) groups excluding carboxylic acids is 1. The van der Waals surface area contributed by atoms with E-state index in [9.17, 15) is 4.79 Å². The van der Waals surface area contributed by atoms with E-state index in [1.54, 1.807) is 0 Å². The molecule has 138 valence electrons. The Bertz CT molecular complexity index is 612. The zero-order valence-electron chi connectivity index (χ0n) is 15.8. The van der Waals surface area contributed by atoms with Crippen LogP contribution in [0.2, 0.25) is 0 Å². The number of piperidine rings is 2. The van der Waals surface area contributed by atoms with Crippen molar-refractivity contribution in [3.63, 3.8) is 0 Å². The molecule has 6 nitrogen and oxygen atoms in total. The molecule has 0 aliphatic carbocycles. The van der Waals surface area contributed by atoms with E-state index >= 15 is 0 Å². The van der Waals surface area contributed by atoms with Crippen molar-refractivity contribution in [2.24, 2.45) is 11.3 Å². The Morgan fingerprint density at radius 2 is 2.08 bits per heavy atom. The van der Waals surface area contributed by atoms with Crippen molar-refractivity contribution in [1.82, 2.24) is 14.9 Å². The summed E-state index contributed by atoms with van der Waals surface area (Å²) in [4.78, 5) is 25.4. The first-order valence-corrected chi connectivity index (χ1v) is 9.51. The first-order valence-electron chi connectivity index (χ1n) is 9.51. The highest BCUT2D eigenvalue weighted by atomic mass is 16.2. The summed E-state index contributed by atoms with van der Waals surface area (Å²) in [7, 11) is 0. The van der Waals surface area contributed by atoms with E-state index in [2.05, 4.69) is 33.6 Å². The van der Waals surface area contributed by atoms with Crippen LogP contribution < -0.4 is 10.6 Å². The molecule has 1 atom stereocenters. The minimum atomic E-state index is 0.191. The molecule has 6 heteroatoms. The molecule has 1 spiro atoms. The van der Waals surface area contributed by atoms with Gasteiger partial charge < -0.3 is 15.5 Å². The number of likely N-dealkylation sites (tertiary alicyclic amines) is 1. The topological polar surface area (TPSA) is 75.4 Å². The van der Waals surface area contributed by atoms with Gasteiger partial charge in [0.2, 0.25) is 11.9 Å². The molecule has 3 rings (SSSR count). The van der Waals surface area contributed by atoms with Crippen LogP contribution in [0.25, 0.3) is 0 Å². The number of nitrogens with two attached hydrogens (primary N) is 1. The second kappa shape index (κ2) is 7.18. The number of hydrogen-bond donors (Lipinski definition) is 1. The summed E-state index contributed by atoms with van der Waals surface area (Å²) in [5.74, 6) is 2.22. The molecule has 0 aromatic carbocycles. The number of rotatable bonds is 4. The largest absolute Gasteiger partial charge is 0.368 e. The number of aromatic nitrogens is 2. The van der Waals surface area contributed by atoms with Crippen molar-refractivity contribution in [2.75, 3.05) is 36.8 Å². The van der Waals surface area contributed by atoms with Crippen LogP contribution in [-0.2, 0) is 4.79 Å². The molecule has 0 radical (unpaired) electrons. The average molecular weight is 345 g/mol. The van der Waals surface area contributed by atoms with E-state index < -0.39 is 0 Å². The first kappa shape index (κ1) is 18.0. The standard InChI is InChI=1S/C19H31N5O/c1-14(2)6-10-24-13-19(8-5-17(24)25)7-4-9-23(12-19)16-11-15(3)21-18(20)22-16/h11,14H,4-10,12-13H2,1-3H3,(H2,20,21,22). The number of hydrogen-bond acceptors (Lipinski definition) is 5. The van der Waals surface area contributed by atoms with Crippen molar-refractivity contribution in [2.45, 2.75) is 52.9 Å². The fourth-order valence-corrected chi connectivity index (χ4v) is 4.19. The van der Waals surface area contributed by atoms with Crippen LogP contribution in [-0.4, -0.2) is 47.0 Å². The van der Waals surface area contributed by atoms with Gasteiger partial charge in [-0.3, -0.25) is 4.79 Å². The number of carbonyl (C=O) groups is 1. The number of amides is 1. The van der Waals surface area contributed by atoms with Gasteiger partial charge in [-0.15, -0.1) is 0 Å². The summed E-state index contributed by atoms with van der Waals surface area (Å²) in [6.45, 7) is 10.1. The van der Waals surface area contributed by atoms with Gasteiger partial charge in [0.05, 0.1) is 0 Å². The van der Waals surface area contributed by atoms with Crippen LogP contribution >= 0.6 is 0 Å². The molecule has 2 aliphatic rings. The van der Waals surface area contributed by atoms with Gasteiger partial charge in [0.25, 0.3) is 0 Å². The van der Waals surface area contributed by atoms with Crippen LogP contribution in [0.1, 0.15) is 51.6 Å². The zero-order valence-corrected chi connectivity index (χ0v) is 15.8. The van der Waals surface area contributed by atoms with E-state index in [-0.39, 0.29) is 5.41 Å². The molecule has 1 aromatic rings. The summed E-state index contributed by atoms with van der Waals surface area (Å²) in [5.41, 5.74) is 6.94. The van der Waals surface area contributed by atoms with Gasteiger partial charge in [-0.05, 0) is 38.5 Å². The van der Waals surface area contributed by atoms with Gasteiger partial charge in [-0.25, -0.2) is 4.98 Å². The maximum absolute atomic E-state index is 12.3. The van der Waals surface area contributed by atoms with Gasteiger partial charge >= 0.3 is 0 Å². The molecule has 3 heterocycles. The minimum absolute atomic E-state index is 0.191. The third-order valence-electron chi connectivity index (χ3n) is 5.57. The Labute approximate surface area is 150 Å². The molecule has 0 bridgehead atoms. The molecular weight excluding hydrogens is 314 g/mol. The Kier molecular flexibility index (Phi) is 5.16. The summed E-state index contributed by atoms with van der Waals surface area (Å²) in [5, 5.41) is 0. The number of anilines is 2. The van der Waals surface area contributed by atoms with E-state index in [0.717, 1.165) is 57.0 Å². The lowest BCUT2D eigenvalue weighted by molar-refractivity contribution is -0.138. The van der Waals surface area contributed by atoms with Crippen molar-refractivity contribution in [3.8, 4) is 0 Å². The fraction of sp³-hybridized carbons (Fsp3) is 0.737. The lowest BCUT2D eigenvalue weighted by atomic mass is 9.73. The third-order valence-corrected chi connectivity index (χ3v) is 5.57. The monoisotopic (exact) mass is 345 g/mol. The first-order chi connectivity index (χ1) is 11.9. The van der Waals surface area contributed by atoms with Crippen LogP contribution in [0.4, 0.5) is 11.8 Å². The lowest BCUT2D eigenvalue weighted by Gasteiger charge is -2.48. The van der Waals surface area contributed by atoms with Crippen LogP contribution in [0.15, 0.2) is 6.07 Å². The molecule has 0 saturated carbocycles. The van der Waals surface area contributed by atoms with Gasteiger partial charge in [0.1, 0.15) is 5.82 Å². The van der Waals surface area contributed by atoms with E-state index in [4.69, 9.17) is 5.73 Å². The normalized spacial score (nSPS) is 24.4. The Morgan fingerprint density at radius 3 is 2.80 bits per heavy atom. The molecule has 1 unspecified atom stereocenters. The Morgan fingerprint density at radius 1 is 1.28 bits per heavy atom. The quantitative estimate of drug-likeness (QED) is 0.908. The van der Waals surface area contributed by atoms with Crippen molar-refractivity contribution >= 4 is 17.7 Å². The van der Waals surface area contributed by atoms with E-state index in [1.807, 2.05) is 13.0 Å². The fourth-order valence-electron chi connectivity index (χ4n) is 4.19. The Balaban J connectivity index is 1.73. The number of nitrogens with zero attached hydrogens (tertiary/aromatic N) is 4. The molecule has 1 aromatic heterocycles. The predicted molar refractivity (Wildman–Crippen MR) is 100 cm³/mol. The van der Waals surface area contributed by atoms with Crippen molar-refractivity contribution in [3.05, 3.63) is 11.8 Å². The highest BCUT2D eigenvalue weighted by Crippen LogP contribution is 2.40. The predicted octanol–water partition coefficient (Wildman–Crippen LogP) is 2.62. The smallest absolute Gasteiger partial charge is 0.222 e. The number of aryl methyl sites for hydroxylation is 1. The summed E-state index contributed by atoms with van der Waals surface area (Å²) in [6, 6.07) is 2.01. The Hall–Kier alpha value is -1.85. The molecule has 25 heavy (non-hydrogen) atoms. The molecule has 2 N–H and O–H groups in total. The highest BCUT2D eigenvalue weighted by Gasteiger charge is 2.41. The van der Waals surface area contributed by atoms with Crippen molar-refractivity contribution in [1.29, 1.82) is 0 Å². The molecule has 1 amide bonds. The second-order valence-electron chi connectivity index (χ2n) is 8.25. The summed E-state index contributed by atoms with van der Waals surface area (Å²) >= 11 is 0. The lowest BCUT2D eigenvalue weighted by Crippen LogP contribution is -2.54. The minimum Gasteiger partial charge on any atom is -0.368 e. The summed E-state index contributed by atoms with van der Waals surface area (Å²) < 4.78 is 0. The van der Waals surface area contributed by atoms with Crippen LogP contribution in [0.3, 0.4) is 0 Å². The number of nitrogen functional groups attached to an aromatic ring is 1. The zero-order chi connectivity index (χ0) is 18.0. The van der Waals surface area contributed by atoms with Gasteiger partial charge in [0, 0.05) is 49.8 Å². The van der Waals surface area contributed by atoms with Crippen LogP contribution in [0.5, 0.6) is 0 Å². The van der Waals surface area contributed by atoms with E-state index in [0.29, 0.717) is 24.2 Å². The average Bonchev–Trinajstić information content (AvgIpc) is 2.55. The molecule has 2 fully saturated rings. The maximum atomic E-state index is 12.3. The van der Waals surface area contributed by atoms with Gasteiger partial charge in [-0.1, -0.05) is 13.8 Å². The van der Waals surface area contributed by atoms with Crippen molar-refractivity contribution < 1.29 is 4.79 Å². The SMILES string of the molecule is Cc1cc(N2CCCC3(CCC(=O)N(CCC(C)C)C3)C2)nc(N)n1. The highest BCUT2D eigenvalue weighted by molar-refractivity contribution is 5.77. The molecule has 2 aliphatic heterocycles. The maximum Gasteiger partial charge on any atom is 0.222 e. The summed E-state index contributed by atoms with van der Waals surface area (Å²) in [6.07, 6.45) is 5.06. The van der Waals surface area contributed by atoms with Gasteiger partial charge in [0.15, 0.2) is 0 Å². The van der Waals surface area contributed by atoms with E-state index in [1.165, 1.54) is 6.42 Å². The molecule has 2 saturated heterocycles. The molecular formula is C19H31N5O. The van der Waals surface area contributed by atoms with Gasteiger partial charge in [-0.2, -0.15) is 4.98 Å².